The maximum absolute atomic E-state index is 11.9. The maximum atomic E-state index is 11.9. The van der Waals surface area contributed by atoms with Gasteiger partial charge in [-0.3, -0.25) is 14.3 Å². The van der Waals surface area contributed by atoms with E-state index in [1.165, 1.54) is 0 Å². The smallest absolute Gasteiger partial charge is 0.280 e. The summed E-state index contributed by atoms with van der Waals surface area (Å²) in [5, 5.41) is 32.4. The third kappa shape index (κ3) is 2.28. The molecule has 13 nitrogen and oxygen atoms in total. The topological polar surface area (TPSA) is 208 Å². The summed E-state index contributed by atoms with van der Waals surface area (Å²) in [5.41, 5.74) is 13.2. The Morgan fingerprint density at radius 2 is 2.17 bits per heavy atom. The van der Waals surface area contributed by atoms with E-state index in [0.29, 0.717) is 0 Å². The van der Waals surface area contributed by atoms with Gasteiger partial charge in [-0.1, -0.05) is 0 Å². The summed E-state index contributed by atoms with van der Waals surface area (Å²) in [5.74, 6) is -0.524. The van der Waals surface area contributed by atoms with Crippen LogP contribution in [0.5, 0.6) is 0 Å². The number of ether oxygens (including phenoxy) is 1. The van der Waals surface area contributed by atoms with Crippen LogP contribution >= 0.6 is 0 Å². The molecule has 1 unspecified atom stereocenters. The zero-order valence-electron chi connectivity index (χ0n) is 11.4. The number of hydrogen-bond acceptors (Lipinski definition) is 9. The minimum absolute atomic E-state index is 0.0940. The Hall–Kier alpha value is -2.70. The number of nitrogens with two attached hydrogens (primary N) is 1. The van der Waals surface area contributed by atoms with Gasteiger partial charge < -0.3 is 25.8 Å². The minimum atomic E-state index is -1.47. The highest BCUT2D eigenvalue weighted by Gasteiger charge is 2.44. The highest BCUT2D eigenvalue weighted by Crippen LogP contribution is 2.34. The summed E-state index contributed by atoms with van der Waals surface area (Å²) in [4.78, 5) is 24.4. The lowest BCUT2D eigenvalue weighted by Gasteiger charge is -2.17. The second-order valence-corrected chi connectivity index (χ2v) is 4.82. The fourth-order valence-corrected chi connectivity index (χ4v) is 2.43. The third-order valence-electron chi connectivity index (χ3n) is 3.46. The Kier molecular flexibility index (Phi) is 3.63. The number of rotatable bonds is 3. The molecule has 6 N–H and O–H groups in total. The molecule has 1 fully saturated rings. The van der Waals surface area contributed by atoms with Crippen molar-refractivity contribution in [3.63, 3.8) is 0 Å². The van der Waals surface area contributed by atoms with Gasteiger partial charge in [-0.25, -0.2) is 4.98 Å². The zero-order chi connectivity index (χ0) is 16.7. The van der Waals surface area contributed by atoms with Crippen LogP contribution < -0.4 is 11.3 Å². The van der Waals surface area contributed by atoms with Gasteiger partial charge in [0.2, 0.25) is 11.9 Å². The summed E-state index contributed by atoms with van der Waals surface area (Å²) >= 11 is 0. The van der Waals surface area contributed by atoms with E-state index >= 15 is 0 Å². The van der Waals surface area contributed by atoms with Gasteiger partial charge in [-0.05, 0) is 10.6 Å². The third-order valence-corrected chi connectivity index (χ3v) is 3.46. The lowest BCUT2D eigenvalue weighted by Crippen LogP contribution is -2.33. The zero-order valence-corrected chi connectivity index (χ0v) is 11.4. The van der Waals surface area contributed by atoms with E-state index in [4.69, 9.17) is 21.1 Å². The minimum Gasteiger partial charge on any atom is -0.394 e. The molecule has 0 amide bonds. The van der Waals surface area contributed by atoms with Crippen LogP contribution in [0.25, 0.3) is 21.6 Å². The molecule has 0 saturated carbocycles. The van der Waals surface area contributed by atoms with Crippen LogP contribution in [0.15, 0.2) is 9.91 Å². The fourth-order valence-electron chi connectivity index (χ4n) is 2.43. The number of nitrogens with one attached hydrogen (secondary N) is 1. The molecule has 1 saturated heterocycles. The number of H-pyrrole nitrogens is 1. The SMILES string of the molecule is [N-]=[N+]=Nc1nc2c(=O)[nH]c(N)nc2n1C1O[C@H](CO)[C@@H](O)[C@H]1O. The molecule has 2 aromatic heterocycles. The van der Waals surface area contributed by atoms with Crippen LogP contribution in [-0.2, 0) is 4.74 Å². The Bertz CT molecular complexity index is 855. The standard InChI is InChI=1S/C10H12N8O5/c11-9-14-6-3(7(22)15-9)13-10(16-17-12)18(6)8-5(21)4(20)2(1-19)23-8/h2,4-5,8,19-21H,1H2,(H3,11,14,15,22)/t2-,4-,5-,8?/m1/s1. The number of imidazole rings is 1. The summed E-state index contributed by atoms with van der Waals surface area (Å²) < 4.78 is 6.40. The predicted octanol–water partition coefficient (Wildman–Crippen LogP) is -1.74. The van der Waals surface area contributed by atoms with Crippen molar-refractivity contribution in [2.45, 2.75) is 24.5 Å². The van der Waals surface area contributed by atoms with Crippen molar-refractivity contribution in [3.05, 3.63) is 20.8 Å². The van der Waals surface area contributed by atoms with E-state index in [2.05, 4.69) is 25.0 Å². The van der Waals surface area contributed by atoms with Crippen LogP contribution in [0, 0.1) is 0 Å². The lowest BCUT2D eigenvalue weighted by molar-refractivity contribution is -0.0502. The van der Waals surface area contributed by atoms with Gasteiger partial charge in [0.05, 0.1) is 6.61 Å². The van der Waals surface area contributed by atoms with Gasteiger partial charge in [0.1, 0.15) is 18.3 Å². The second-order valence-electron chi connectivity index (χ2n) is 4.82. The van der Waals surface area contributed by atoms with Crippen molar-refractivity contribution in [2.75, 3.05) is 12.3 Å². The maximum Gasteiger partial charge on any atom is 0.280 e. The first-order valence-corrected chi connectivity index (χ1v) is 6.43. The van der Waals surface area contributed by atoms with E-state index in [-0.39, 0.29) is 23.1 Å². The number of nitrogens with zero attached hydrogens (tertiary/aromatic N) is 6. The summed E-state index contributed by atoms with van der Waals surface area (Å²) in [6.45, 7) is -0.547. The molecule has 3 rings (SSSR count). The normalized spacial score (nSPS) is 27.3. The van der Waals surface area contributed by atoms with Gasteiger partial charge in [0.15, 0.2) is 17.4 Å². The molecule has 4 atom stereocenters. The van der Waals surface area contributed by atoms with Crippen molar-refractivity contribution in [2.24, 2.45) is 5.11 Å². The van der Waals surface area contributed by atoms with Crippen molar-refractivity contribution in [1.29, 1.82) is 0 Å². The number of anilines is 1. The number of aliphatic hydroxyl groups excluding tert-OH is 3. The molecular formula is C10H12N8O5. The first-order chi connectivity index (χ1) is 11.0. The molecule has 3 heterocycles. The highest BCUT2D eigenvalue weighted by atomic mass is 16.6. The lowest BCUT2D eigenvalue weighted by atomic mass is 10.1. The monoisotopic (exact) mass is 324 g/mol. The van der Waals surface area contributed by atoms with Crippen molar-refractivity contribution < 1.29 is 20.1 Å². The number of aromatic nitrogens is 4. The Labute approximate surface area is 126 Å². The quantitative estimate of drug-likeness (QED) is 0.248. The molecule has 2 aromatic rings. The van der Waals surface area contributed by atoms with E-state index in [9.17, 15) is 15.0 Å². The molecule has 0 aliphatic carbocycles. The Balaban J connectivity index is 2.25. The first kappa shape index (κ1) is 15.2. The molecule has 13 heteroatoms. The average molecular weight is 324 g/mol. The highest BCUT2D eigenvalue weighted by molar-refractivity contribution is 5.74. The fraction of sp³-hybridized carbons (Fsp3) is 0.500. The van der Waals surface area contributed by atoms with E-state index in [0.717, 1.165) is 4.57 Å². The molecule has 122 valence electrons. The Morgan fingerprint density at radius 1 is 1.43 bits per heavy atom. The predicted molar refractivity (Wildman–Crippen MR) is 74.4 cm³/mol. The number of fused-ring (bicyclic) bond motifs is 1. The van der Waals surface area contributed by atoms with E-state index < -0.39 is 36.7 Å². The van der Waals surface area contributed by atoms with Gasteiger partial charge in [0, 0.05) is 4.91 Å². The van der Waals surface area contributed by atoms with Gasteiger partial charge in [0.25, 0.3) is 5.56 Å². The van der Waals surface area contributed by atoms with Crippen molar-refractivity contribution in [3.8, 4) is 0 Å². The summed E-state index contributed by atoms with van der Waals surface area (Å²) in [6.07, 6.45) is -5.20. The average Bonchev–Trinajstić information content (AvgIpc) is 2.99. The molecule has 0 radical (unpaired) electrons. The van der Waals surface area contributed by atoms with Crippen LogP contribution in [0.1, 0.15) is 6.23 Å². The largest absolute Gasteiger partial charge is 0.394 e. The summed E-state index contributed by atoms with van der Waals surface area (Å²) in [6, 6.07) is 0. The van der Waals surface area contributed by atoms with Crippen LogP contribution in [0.4, 0.5) is 11.9 Å². The molecule has 0 spiro atoms. The molecule has 1 aliphatic rings. The Morgan fingerprint density at radius 3 is 2.78 bits per heavy atom. The molecule has 1 aliphatic heterocycles. The molecule has 0 bridgehead atoms. The number of azide groups is 1. The number of nitrogen functional groups attached to an aromatic ring is 1. The van der Waals surface area contributed by atoms with Gasteiger partial charge in [-0.15, -0.1) is 0 Å². The van der Waals surface area contributed by atoms with Crippen molar-refractivity contribution in [1.82, 2.24) is 19.5 Å². The second kappa shape index (κ2) is 5.49. The van der Waals surface area contributed by atoms with Gasteiger partial charge in [-0.2, -0.15) is 4.98 Å². The van der Waals surface area contributed by atoms with E-state index in [1.54, 1.807) is 0 Å². The van der Waals surface area contributed by atoms with Crippen LogP contribution in [-0.4, -0.2) is 59.8 Å². The number of aliphatic hydroxyl groups is 3. The van der Waals surface area contributed by atoms with Crippen LogP contribution in [0.3, 0.4) is 0 Å². The molecule has 0 aromatic carbocycles. The number of aromatic amines is 1. The summed E-state index contributed by atoms with van der Waals surface area (Å²) in [7, 11) is 0. The number of hydrogen-bond donors (Lipinski definition) is 5. The van der Waals surface area contributed by atoms with Gasteiger partial charge >= 0.3 is 0 Å². The molecule has 23 heavy (non-hydrogen) atoms. The van der Waals surface area contributed by atoms with Crippen molar-refractivity contribution >= 4 is 23.1 Å². The van der Waals surface area contributed by atoms with Crippen LogP contribution in [0.2, 0.25) is 0 Å². The molecular weight excluding hydrogens is 312 g/mol. The van der Waals surface area contributed by atoms with E-state index in [1.807, 2.05) is 0 Å². The first-order valence-electron chi connectivity index (χ1n) is 6.43.